The van der Waals surface area contributed by atoms with Crippen molar-refractivity contribution in [2.45, 2.75) is 77.1 Å². The van der Waals surface area contributed by atoms with Crippen molar-refractivity contribution in [3.8, 4) is 0 Å². The molecule has 35 heavy (non-hydrogen) atoms. The van der Waals surface area contributed by atoms with Crippen molar-refractivity contribution in [1.29, 1.82) is 0 Å². The third-order valence-electron chi connectivity index (χ3n) is 6.48. The van der Waals surface area contributed by atoms with Crippen LogP contribution in [-0.4, -0.2) is 21.6 Å². The standard InChI is InChI=1S/C19H25Si2.C5H10Si.C5H5.2ClH.Zr/c1-20(2,3)16-7-9-18-14(12-16)11-15-13-17(21(4,5)6)8-10-19(15)18;1-2-4-6-5-3-1;1-2-4-5-3-1;;;/h7-13H,1-6H3;1-5H2;1-3H,4H2;2*1H;/q-1;;-1;;;+2/p-2. The molecule has 0 aromatic heterocycles. The second-order valence-electron chi connectivity index (χ2n) is 11.4. The van der Waals surface area contributed by atoms with Gasteiger partial charge in [0.05, 0.1) is 16.1 Å². The summed E-state index contributed by atoms with van der Waals surface area (Å²) in [6.07, 6.45) is 14.6. The van der Waals surface area contributed by atoms with Crippen molar-refractivity contribution in [1.82, 2.24) is 0 Å². The summed E-state index contributed by atoms with van der Waals surface area (Å²) in [5.41, 5.74) is 0.297. The van der Waals surface area contributed by atoms with Crippen LogP contribution in [0.15, 0.2) is 60.7 Å². The first-order valence-electron chi connectivity index (χ1n) is 12.5. The number of allylic oxidation sites excluding steroid dienone is 4. The molecule has 0 unspecified atom stereocenters. The van der Waals surface area contributed by atoms with Gasteiger partial charge >= 0.3 is 60.1 Å². The normalized spacial score (nSPS) is 15.0. The molecule has 0 radical (unpaired) electrons. The van der Waals surface area contributed by atoms with Gasteiger partial charge in [0.15, 0.2) is 0 Å². The average molecular weight is 635 g/mol. The Morgan fingerprint density at radius 3 is 1.54 bits per heavy atom. The summed E-state index contributed by atoms with van der Waals surface area (Å²) in [6, 6.07) is 19.9. The van der Waals surface area contributed by atoms with Crippen molar-refractivity contribution >= 4 is 53.5 Å². The first-order valence-corrected chi connectivity index (χ1v) is 25.1. The topological polar surface area (TPSA) is 0 Å². The van der Waals surface area contributed by atoms with Crippen molar-refractivity contribution in [3.05, 3.63) is 66.8 Å². The van der Waals surface area contributed by atoms with E-state index < -0.39 is 16.1 Å². The Labute approximate surface area is 243 Å². The zero-order valence-electron chi connectivity index (χ0n) is 22.3. The number of fused-ring (bicyclic) bond motifs is 3. The van der Waals surface area contributed by atoms with Gasteiger partial charge in [0.2, 0.25) is 0 Å². The van der Waals surface area contributed by atoms with Gasteiger partial charge in [-0.1, -0.05) is 73.9 Å². The summed E-state index contributed by atoms with van der Waals surface area (Å²) in [6.45, 7) is 14.5. The van der Waals surface area contributed by atoms with Crippen LogP contribution in [0.1, 0.15) is 25.7 Å². The first kappa shape index (κ1) is 32.9. The Morgan fingerprint density at radius 2 is 1.26 bits per heavy atom. The number of rotatable bonds is 2. The summed E-state index contributed by atoms with van der Waals surface area (Å²) in [5.74, 6) is 0. The Balaban J connectivity index is 0.000000360. The molecule has 5 rings (SSSR count). The monoisotopic (exact) mass is 632 g/mol. The predicted octanol–water partition coefficient (Wildman–Crippen LogP) is 1.82. The number of benzene rings is 2. The molecule has 3 aromatic rings. The molecule has 1 aliphatic carbocycles. The van der Waals surface area contributed by atoms with Crippen LogP contribution in [0.2, 0.25) is 51.4 Å². The minimum atomic E-state index is -1.23. The third kappa shape index (κ3) is 9.95. The first-order chi connectivity index (χ1) is 15.6. The molecule has 6 heteroatoms. The number of hydrogen-bond acceptors (Lipinski definition) is 0. The zero-order chi connectivity index (χ0) is 24.1. The van der Waals surface area contributed by atoms with E-state index in [1.165, 1.54) is 28.0 Å². The summed E-state index contributed by atoms with van der Waals surface area (Å²) < 4.78 is 0. The van der Waals surface area contributed by atoms with Gasteiger partial charge in [0.1, 0.15) is 0 Å². The van der Waals surface area contributed by atoms with E-state index in [0.717, 1.165) is 6.42 Å². The molecule has 0 spiro atoms. The SMILES string of the molecule is C[Si](C)(C)c1ccc2c(c1)[cH-]c1cc([Si](C)(C)C)ccc12.[C-]1=CC=CC1.[Cl-].[Cl-].[Zr+2]=[Si]1CCCCC1. The Bertz CT molecular complexity index is 1080. The molecule has 0 atom stereocenters. The van der Waals surface area contributed by atoms with E-state index in [0.29, 0.717) is 5.43 Å². The molecule has 1 aliphatic heterocycles. The van der Waals surface area contributed by atoms with Crippen LogP contribution < -0.4 is 35.2 Å². The molecule has 0 nitrogen and oxygen atoms in total. The van der Waals surface area contributed by atoms with Crippen LogP contribution in [0.5, 0.6) is 0 Å². The second-order valence-corrected chi connectivity index (χ2v) is 29.0. The molecule has 0 amide bonds. The van der Waals surface area contributed by atoms with E-state index >= 15 is 0 Å². The van der Waals surface area contributed by atoms with Crippen LogP contribution in [-0.2, 0) is 23.3 Å². The fourth-order valence-electron chi connectivity index (χ4n) is 4.27. The number of hydrogen-bond donors (Lipinski definition) is 0. The molecule has 0 saturated carbocycles. The Morgan fingerprint density at radius 1 is 0.771 bits per heavy atom. The van der Waals surface area contributed by atoms with Crippen molar-refractivity contribution in [2.75, 3.05) is 0 Å². The summed E-state index contributed by atoms with van der Waals surface area (Å²) >= 11 is 1.87. The van der Waals surface area contributed by atoms with Crippen molar-refractivity contribution in [3.63, 3.8) is 0 Å². The van der Waals surface area contributed by atoms with Gasteiger partial charge in [-0.05, 0) is 0 Å². The maximum atomic E-state index is 2.99. The average Bonchev–Trinajstić information content (AvgIpc) is 3.44. The summed E-state index contributed by atoms with van der Waals surface area (Å²) in [5, 5.41) is 8.75. The summed E-state index contributed by atoms with van der Waals surface area (Å²) in [4.78, 5) is 0. The third-order valence-corrected chi connectivity index (χ3v) is 16.2. The molecule has 1 fully saturated rings. The van der Waals surface area contributed by atoms with E-state index in [1.54, 1.807) is 35.3 Å². The van der Waals surface area contributed by atoms with Gasteiger partial charge in [-0.2, -0.15) is 6.08 Å². The fraction of sp³-hybridized carbons (Fsp3) is 0.414. The van der Waals surface area contributed by atoms with Gasteiger partial charge in [-0.25, -0.2) is 12.2 Å². The maximum absolute atomic E-state index is 2.99. The molecule has 2 aliphatic rings. The quantitative estimate of drug-likeness (QED) is 0.298. The molecular weight excluding hydrogens is 595 g/mol. The molecule has 0 N–H and O–H groups in total. The van der Waals surface area contributed by atoms with E-state index in [2.05, 4.69) is 93.9 Å². The molecule has 188 valence electrons. The van der Waals surface area contributed by atoms with Crippen LogP contribution in [0.25, 0.3) is 21.5 Å². The van der Waals surface area contributed by atoms with Gasteiger partial charge < -0.3 is 24.8 Å². The van der Waals surface area contributed by atoms with Gasteiger partial charge in [-0.15, -0.1) is 46.2 Å². The van der Waals surface area contributed by atoms with Gasteiger partial charge in [0, 0.05) is 0 Å². The van der Waals surface area contributed by atoms with Gasteiger partial charge in [0.25, 0.3) is 0 Å². The van der Waals surface area contributed by atoms with Crippen LogP contribution >= 0.6 is 0 Å². The molecule has 1 saturated heterocycles. The minimum absolute atomic E-state index is 0. The van der Waals surface area contributed by atoms with Gasteiger partial charge in [-0.3, -0.25) is 6.08 Å². The van der Waals surface area contributed by atoms with E-state index in [-0.39, 0.29) is 24.8 Å². The Hall–Kier alpha value is -0.0962. The molecular formula is C29H40Cl2Si3Zr-2. The van der Waals surface area contributed by atoms with E-state index in [1.807, 2.05) is 35.5 Å². The predicted molar refractivity (Wildman–Crippen MR) is 154 cm³/mol. The number of halogens is 2. The van der Waals surface area contributed by atoms with Crippen molar-refractivity contribution < 1.29 is 48.1 Å². The molecule has 0 bridgehead atoms. The van der Waals surface area contributed by atoms with E-state index in [9.17, 15) is 0 Å². The second kappa shape index (κ2) is 14.7. The molecule has 1 heterocycles. The molecule has 3 aromatic carbocycles. The summed E-state index contributed by atoms with van der Waals surface area (Å²) in [7, 11) is -2.47. The van der Waals surface area contributed by atoms with E-state index in [4.69, 9.17) is 0 Å². The Kier molecular flexibility index (Phi) is 13.9. The van der Waals surface area contributed by atoms with Crippen LogP contribution in [0.4, 0.5) is 0 Å². The zero-order valence-corrected chi connectivity index (χ0v) is 29.2. The van der Waals surface area contributed by atoms with Crippen LogP contribution in [0, 0.1) is 6.08 Å². The van der Waals surface area contributed by atoms with Crippen LogP contribution in [0.3, 0.4) is 0 Å². The van der Waals surface area contributed by atoms with Crippen molar-refractivity contribution in [2.24, 2.45) is 0 Å². The fourth-order valence-corrected chi connectivity index (χ4v) is 10.8.